The second-order valence-electron chi connectivity index (χ2n) is 5.98. The molecule has 0 bridgehead atoms. The monoisotopic (exact) mass is 331 g/mol. The number of quaternary nitrogens is 1. The standard InChI is InChI=1S/C18H34O4.H3N/c1-2-3-4-5-10-13-16-22-18(21)15-12-9-7-6-8-11-14-17(19)20;/h2-16H2,1H3,(H,19,20);1H3. The maximum Gasteiger partial charge on any atom is 0.305 e. The van der Waals surface area contributed by atoms with Gasteiger partial charge in [-0.05, 0) is 25.7 Å². The van der Waals surface area contributed by atoms with Crippen LogP contribution in [0.4, 0.5) is 0 Å². The molecule has 0 atom stereocenters. The van der Waals surface area contributed by atoms with E-state index in [1.807, 2.05) is 0 Å². The smallest absolute Gasteiger partial charge is 0.305 e. The third kappa shape index (κ3) is 20.9. The summed E-state index contributed by atoms with van der Waals surface area (Å²) in [6, 6.07) is 0. The van der Waals surface area contributed by atoms with E-state index in [9.17, 15) is 14.7 Å². The highest BCUT2D eigenvalue weighted by Crippen LogP contribution is 2.09. The molecule has 4 N–H and O–H groups in total. The van der Waals surface area contributed by atoms with Crippen LogP contribution in [-0.4, -0.2) is 18.5 Å². The maximum atomic E-state index is 11.5. The largest absolute Gasteiger partial charge is 0.550 e. The van der Waals surface area contributed by atoms with E-state index in [0.29, 0.717) is 19.4 Å². The van der Waals surface area contributed by atoms with Crippen molar-refractivity contribution in [3.63, 3.8) is 0 Å². The van der Waals surface area contributed by atoms with Crippen molar-refractivity contribution in [1.82, 2.24) is 6.15 Å². The number of hydrogen-bond acceptors (Lipinski definition) is 4. The summed E-state index contributed by atoms with van der Waals surface area (Å²) in [5, 5.41) is 10.2. The van der Waals surface area contributed by atoms with Crippen molar-refractivity contribution in [3.8, 4) is 0 Å². The Balaban J connectivity index is 0. The number of carbonyl (C=O) groups excluding carboxylic acids is 2. The van der Waals surface area contributed by atoms with Gasteiger partial charge in [-0.3, -0.25) is 4.79 Å². The first-order chi connectivity index (χ1) is 10.7. The quantitative estimate of drug-likeness (QED) is 0.339. The zero-order valence-electron chi connectivity index (χ0n) is 15.2. The number of aliphatic carboxylic acids is 1. The lowest BCUT2D eigenvalue weighted by molar-refractivity contribution is -0.305. The minimum Gasteiger partial charge on any atom is -0.550 e. The molecule has 5 heteroatoms. The summed E-state index contributed by atoms with van der Waals surface area (Å²) in [6.07, 6.45) is 13.5. The van der Waals surface area contributed by atoms with Crippen molar-refractivity contribution in [2.24, 2.45) is 0 Å². The lowest BCUT2D eigenvalue weighted by atomic mass is 10.1. The second kappa shape index (κ2) is 18.9. The van der Waals surface area contributed by atoms with Crippen LogP contribution in [0.2, 0.25) is 0 Å². The average molecular weight is 331 g/mol. The van der Waals surface area contributed by atoms with Gasteiger partial charge in [0, 0.05) is 12.4 Å². The van der Waals surface area contributed by atoms with Gasteiger partial charge in [-0.15, -0.1) is 0 Å². The number of carboxylic acids is 1. The maximum absolute atomic E-state index is 11.5. The second-order valence-corrected chi connectivity index (χ2v) is 5.98. The van der Waals surface area contributed by atoms with Gasteiger partial charge in [0.1, 0.15) is 0 Å². The Labute approximate surface area is 141 Å². The Kier molecular flexibility index (Phi) is 19.9. The SMILES string of the molecule is CCCCCCCCOC(=O)CCCCCCCCC(=O)[O-].[NH4+]. The number of hydrogen-bond donors (Lipinski definition) is 1. The molecule has 0 unspecified atom stereocenters. The number of rotatable bonds is 16. The molecule has 23 heavy (non-hydrogen) atoms. The van der Waals surface area contributed by atoms with Crippen molar-refractivity contribution in [2.75, 3.05) is 6.61 Å². The fraction of sp³-hybridized carbons (Fsp3) is 0.889. The van der Waals surface area contributed by atoms with Gasteiger partial charge in [0.05, 0.1) is 6.61 Å². The number of carboxylic acid groups (broad SMARTS) is 1. The molecule has 0 amide bonds. The lowest BCUT2D eigenvalue weighted by Gasteiger charge is -2.05. The van der Waals surface area contributed by atoms with Gasteiger partial charge in [0.25, 0.3) is 0 Å². The molecule has 0 aromatic rings. The third-order valence-corrected chi connectivity index (χ3v) is 3.77. The normalized spacial score (nSPS) is 10.1. The molecule has 5 nitrogen and oxygen atoms in total. The van der Waals surface area contributed by atoms with E-state index in [0.717, 1.165) is 44.9 Å². The van der Waals surface area contributed by atoms with Crippen LogP contribution in [0, 0.1) is 0 Å². The predicted molar refractivity (Wildman–Crippen MR) is 92.3 cm³/mol. The van der Waals surface area contributed by atoms with E-state index in [1.165, 1.54) is 25.7 Å². The molecule has 0 spiro atoms. The van der Waals surface area contributed by atoms with E-state index in [2.05, 4.69) is 6.92 Å². The summed E-state index contributed by atoms with van der Waals surface area (Å²) in [7, 11) is 0. The fourth-order valence-corrected chi connectivity index (χ4v) is 2.39. The van der Waals surface area contributed by atoms with Gasteiger partial charge in [0.15, 0.2) is 0 Å². The van der Waals surface area contributed by atoms with Gasteiger partial charge in [0.2, 0.25) is 0 Å². The number of unbranched alkanes of at least 4 members (excludes halogenated alkanes) is 10. The topological polar surface area (TPSA) is 103 Å². The van der Waals surface area contributed by atoms with Crippen LogP contribution in [0.25, 0.3) is 0 Å². The van der Waals surface area contributed by atoms with Gasteiger partial charge < -0.3 is 20.8 Å². The molecular formula is C18H37NO4. The first kappa shape index (κ1) is 24.2. The Morgan fingerprint density at radius 1 is 0.739 bits per heavy atom. The molecule has 0 aliphatic heterocycles. The summed E-state index contributed by atoms with van der Waals surface area (Å²) in [5.41, 5.74) is 0. The van der Waals surface area contributed by atoms with Crippen LogP contribution in [0.3, 0.4) is 0 Å². The highest BCUT2D eigenvalue weighted by molar-refractivity contribution is 5.69. The zero-order chi connectivity index (χ0) is 16.5. The number of ether oxygens (including phenoxy) is 1. The Morgan fingerprint density at radius 3 is 1.78 bits per heavy atom. The van der Waals surface area contributed by atoms with Gasteiger partial charge >= 0.3 is 5.97 Å². The number of esters is 1. The molecule has 0 aromatic carbocycles. The van der Waals surface area contributed by atoms with Crippen molar-refractivity contribution in [1.29, 1.82) is 0 Å². The molecule has 0 heterocycles. The summed E-state index contributed by atoms with van der Waals surface area (Å²) in [4.78, 5) is 21.7. The molecule has 138 valence electrons. The van der Waals surface area contributed by atoms with Crippen LogP contribution in [0.1, 0.15) is 96.8 Å². The zero-order valence-corrected chi connectivity index (χ0v) is 15.2. The minimum atomic E-state index is -0.965. The van der Waals surface area contributed by atoms with Crippen LogP contribution in [0.15, 0.2) is 0 Å². The minimum absolute atomic E-state index is 0. The molecule has 0 rings (SSSR count). The summed E-state index contributed by atoms with van der Waals surface area (Å²) >= 11 is 0. The lowest BCUT2D eigenvalue weighted by Crippen LogP contribution is -2.21. The Morgan fingerprint density at radius 2 is 1.22 bits per heavy atom. The van der Waals surface area contributed by atoms with Crippen molar-refractivity contribution >= 4 is 11.9 Å². The van der Waals surface area contributed by atoms with Gasteiger partial charge in [-0.2, -0.15) is 0 Å². The first-order valence-corrected chi connectivity index (χ1v) is 9.02. The van der Waals surface area contributed by atoms with Crippen LogP contribution in [0.5, 0.6) is 0 Å². The van der Waals surface area contributed by atoms with Crippen LogP contribution < -0.4 is 11.3 Å². The van der Waals surface area contributed by atoms with E-state index in [4.69, 9.17) is 4.74 Å². The first-order valence-electron chi connectivity index (χ1n) is 9.02. The van der Waals surface area contributed by atoms with Gasteiger partial charge in [-0.1, -0.05) is 64.7 Å². The highest BCUT2D eigenvalue weighted by Gasteiger charge is 2.02. The van der Waals surface area contributed by atoms with Gasteiger partial charge in [-0.25, -0.2) is 0 Å². The van der Waals surface area contributed by atoms with E-state index in [-0.39, 0.29) is 18.5 Å². The fourth-order valence-electron chi connectivity index (χ4n) is 2.39. The molecule has 0 saturated carbocycles. The number of carbonyl (C=O) groups is 2. The molecule has 0 fully saturated rings. The molecular weight excluding hydrogens is 294 g/mol. The summed E-state index contributed by atoms with van der Waals surface area (Å²) in [5.74, 6) is -1.04. The molecule has 0 aromatic heterocycles. The average Bonchev–Trinajstić information content (AvgIpc) is 2.48. The summed E-state index contributed by atoms with van der Waals surface area (Å²) in [6.45, 7) is 2.77. The molecule has 0 radical (unpaired) electrons. The predicted octanol–water partition coefficient (Wildman–Crippen LogP) is 4.14. The third-order valence-electron chi connectivity index (χ3n) is 3.77. The van der Waals surface area contributed by atoms with Crippen LogP contribution in [-0.2, 0) is 14.3 Å². The van der Waals surface area contributed by atoms with E-state index >= 15 is 0 Å². The molecule has 0 aliphatic carbocycles. The molecule has 0 aliphatic rings. The van der Waals surface area contributed by atoms with Crippen molar-refractivity contribution in [3.05, 3.63) is 0 Å². The van der Waals surface area contributed by atoms with E-state index in [1.54, 1.807) is 0 Å². The van der Waals surface area contributed by atoms with E-state index < -0.39 is 5.97 Å². The van der Waals surface area contributed by atoms with Crippen LogP contribution >= 0.6 is 0 Å². The van der Waals surface area contributed by atoms with Crippen molar-refractivity contribution in [2.45, 2.75) is 96.8 Å². The Bertz CT molecular complexity index is 282. The van der Waals surface area contributed by atoms with Crippen molar-refractivity contribution < 1.29 is 19.4 Å². The Hall–Kier alpha value is -1.10. The summed E-state index contributed by atoms with van der Waals surface area (Å²) < 4.78 is 5.21. The molecule has 0 saturated heterocycles. The highest BCUT2D eigenvalue weighted by atomic mass is 16.5.